The third-order valence-electron chi connectivity index (χ3n) is 4.09. The van der Waals surface area contributed by atoms with Crippen LogP contribution in [0, 0.1) is 0 Å². The van der Waals surface area contributed by atoms with Gasteiger partial charge in [0.25, 0.3) is 5.91 Å². The van der Waals surface area contributed by atoms with E-state index in [9.17, 15) is 13.2 Å². The van der Waals surface area contributed by atoms with Gasteiger partial charge < -0.3 is 10.2 Å². The number of piperazine rings is 1. The SMILES string of the molecule is O=C1c2ccncc2NC2CN1CCN2S(=O)(=O)c1ccsc1. The molecule has 9 heteroatoms. The lowest BCUT2D eigenvalue weighted by Crippen LogP contribution is -2.57. The predicted molar refractivity (Wildman–Crippen MR) is 85.8 cm³/mol. The van der Waals surface area contributed by atoms with Gasteiger partial charge in [-0.15, -0.1) is 0 Å². The summed E-state index contributed by atoms with van der Waals surface area (Å²) in [5.41, 5.74) is 1.09. The highest BCUT2D eigenvalue weighted by Crippen LogP contribution is 2.29. The average molecular weight is 350 g/mol. The fraction of sp³-hybridized carbons (Fsp3) is 0.286. The third-order valence-corrected chi connectivity index (χ3v) is 6.83. The number of anilines is 1. The van der Waals surface area contributed by atoms with Crippen molar-refractivity contribution in [3.8, 4) is 0 Å². The molecule has 7 nitrogen and oxygen atoms in total. The van der Waals surface area contributed by atoms with Crippen molar-refractivity contribution >= 4 is 33.0 Å². The summed E-state index contributed by atoms with van der Waals surface area (Å²) in [6.45, 7) is 0.960. The minimum absolute atomic E-state index is 0.0926. The van der Waals surface area contributed by atoms with E-state index >= 15 is 0 Å². The van der Waals surface area contributed by atoms with Crippen molar-refractivity contribution in [2.75, 3.05) is 25.0 Å². The molecule has 23 heavy (non-hydrogen) atoms. The second-order valence-electron chi connectivity index (χ2n) is 5.41. The Morgan fingerprint density at radius 2 is 2.17 bits per heavy atom. The smallest absolute Gasteiger partial charge is 0.256 e. The van der Waals surface area contributed by atoms with Gasteiger partial charge in [-0.25, -0.2) is 8.42 Å². The zero-order valence-electron chi connectivity index (χ0n) is 12.0. The number of rotatable bonds is 2. The lowest BCUT2D eigenvalue weighted by atomic mass is 10.2. The Bertz CT molecular complexity index is 851. The number of pyridine rings is 1. The largest absolute Gasteiger partial charge is 0.365 e. The zero-order valence-corrected chi connectivity index (χ0v) is 13.7. The number of thiophene rings is 1. The number of fused-ring (bicyclic) bond motifs is 3. The summed E-state index contributed by atoms with van der Waals surface area (Å²) in [5.74, 6) is -0.0926. The minimum Gasteiger partial charge on any atom is -0.365 e. The van der Waals surface area contributed by atoms with Gasteiger partial charge >= 0.3 is 0 Å². The number of hydrogen-bond donors (Lipinski definition) is 1. The van der Waals surface area contributed by atoms with Gasteiger partial charge in [0.2, 0.25) is 10.0 Å². The highest BCUT2D eigenvalue weighted by atomic mass is 32.2. The van der Waals surface area contributed by atoms with Gasteiger partial charge in [0, 0.05) is 24.7 Å². The van der Waals surface area contributed by atoms with Gasteiger partial charge in [0.05, 0.1) is 28.9 Å². The van der Waals surface area contributed by atoms with Gasteiger partial charge in [-0.05, 0) is 17.5 Å². The molecule has 2 bridgehead atoms. The molecule has 1 fully saturated rings. The molecule has 0 aliphatic carbocycles. The third kappa shape index (κ3) is 2.32. The van der Waals surface area contributed by atoms with E-state index in [-0.39, 0.29) is 12.5 Å². The van der Waals surface area contributed by atoms with Crippen molar-refractivity contribution < 1.29 is 13.2 Å². The molecule has 2 aliphatic heterocycles. The Morgan fingerprint density at radius 1 is 1.30 bits per heavy atom. The summed E-state index contributed by atoms with van der Waals surface area (Å²) in [7, 11) is -3.58. The lowest BCUT2D eigenvalue weighted by Gasteiger charge is -2.38. The van der Waals surface area contributed by atoms with Gasteiger partial charge in [-0.2, -0.15) is 15.6 Å². The molecule has 0 radical (unpaired) electrons. The molecule has 0 aromatic carbocycles. The van der Waals surface area contributed by atoms with E-state index in [1.165, 1.54) is 15.6 Å². The number of aromatic nitrogens is 1. The Morgan fingerprint density at radius 3 is 2.96 bits per heavy atom. The van der Waals surface area contributed by atoms with E-state index in [0.717, 1.165) is 0 Å². The Labute approximate surface area is 137 Å². The summed E-state index contributed by atoms with van der Waals surface area (Å²) < 4.78 is 27.1. The van der Waals surface area contributed by atoms with Crippen molar-refractivity contribution in [2.45, 2.75) is 11.1 Å². The summed E-state index contributed by atoms with van der Waals surface area (Å²) in [6, 6.07) is 3.26. The van der Waals surface area contributed by atoms with Crippen LogP contribution in [0.25, 0.3) is 0 Å². The van der Waals surface area contributed by atoms with E-state index < -0.39 is 16.2 Å². The Kier molecular flexibility index (Phi) is 3.36. The molecule has 1 amide bonds. The van der Waals surface area contributed by atoms with Crippen molar-refractivity contribution in [1.29, 1.82) is 0 Å². The van der Waals surface area contributed by atoms with Crippen LogP contribution in [0.3, 0.4) is 0 Å². The van der Waals surface area contributed by atoms with E-state index in [1.807, 2.05) is 0 Å². The molecule has 1 atom stereocenters. The molecule has 2 aromatic rings. The molecule has 0 spiro atoms. The van der Waals surface area contributed by atoms with Crippen molar-refractivity contribution in [1.82, 2.24) is 14.2 Å². The average Bonchev–Trinajstić information content (AvgIpc) is 3.07. The summed E-state index contributed by atoms with van der Waals surface area (Å²) in [4.78, 5) is 18.5. The van der Waals surface area contributed by atoms with Crippen LogP contribution in [0.15, 0.2) is 40.2 Å². The molecule has 0 saturated carbocycles. The molecule has 4 heterocycles. The predicted octanol–water partition coefficient (Wildman–Crippen LogP) is 1.04. The van der Waals surface area contributed by atoms with Crippen LogP contribution in [0.5, 0.6) is 0 Å². The summed E-state index contributed by atoms with van der Waals surface area (Å²) in [6.07, 6.45) is 2.63. The molecular formula is C14H14N4O3S2. The van der Waals surface area contributed by atoms with Gasteiger partial charge in [0.1, 0.15) is 6.17 Å². The second kappa shape index (κ2) is 5.29. The number of sulfonamides is 1. The second-order valence-corrected chi connectivity index (χ2v) is 8.08. The molecular weight excluding hydrogens is 336 g/mol. The molecule has 120 valence electrons. The number of nitrogens with one attached hydrogen (secondary N) is 1. The molecule has 1 unspecified atom stereocenters. The van der Waals surface area contributed by atoms with Gasteiger partial charge in [-0.3, -0.25) is 9.78 Å². The van der Waals surface area contributed by atoms with Crippen LogP contribution in [0.2, 0.25) is 0 Å². The number of carbonyl (C=O) groups excluding carboxylic acids is 1. The first kappa shape index (κ1) is 14.6. The first-order chi connectivity index (χ1) is 11.1. The zero-order chi connectivity index (χ0) is 16.0. The van der Waals surface area contributed by atoms with Crippen LogP contribution in [-0.2, 0) is 10.0 Å². The van der Waals surface area contributed by atoms with Crippen LogP contribution < -0.4 is 5.32 Å². The highest BCUT2D eigenvalue weighted by molar-refractivity contribution is 7.89. The Balaban J connectivity index is 1.74. The van der Waals surface area contributed by atoms with Crippen LogP contribution >= 0.6 is 11.3 Å². The number of hydrogen-bond acceptors (Lipinski definition) is 6. The van der Waals surface area contributed by atoms with E-state index in [2.05, 4.69) is 10.3 Å². The Hall–Kier alpha value is -1.97. The number of nitrogens with zero attached hydrogens (tertiary/aromatic N) is 3. The maximum absolute atomic E-state index is 12.8. The molecule has 2 aromatic heterocycles. The standard InChI is InChI=1S/C14H14N4O3S2/c19-14-11-1-3-15-7-12(11)16-13-8-17(14)4-5-18(13)23(20,21)10-2-6-22-9-10/h1-3,6-7,9,13,16H,4-5,8H2. The van der Waals surface area contributed by atoms with E-state index in [4.69, 9.17) is 0 Å². The lowest BCUT2D eigenvalue weighted by molar-refractivity contribution is 0.0663. The molecule has 2 aliphatic rings. The molecule has 4 rings (SSSR count). The van der Waals surface area contributed by atoms with Gasteiger partial charge in [0.15, 0.2) is 0 Å². The fourth-order valence-corrected chi connectivity index (χ4v) is 5.48. The maximum atomic E-state index is 12.8. The van der Waals surface area contributed by atoms with E-state index in [1.54, 1.807) is 40.2 Å². The van der Waals surface area contributed by atoms with Crippen molar-refractivity contribution in [3.63, 3.8) is 0 Å². The monoisotopic (exact) mass is 350 g/mol. The highest BCUT2D eigenvalue weighted by Gasteiger charge is 2.40. The van der Waals surface area contributed by atoms with Crippen LogP contribution in [-0.4, -0.2) is 54.3 Å². The number of carbonyl (C=O) groups is 1. The topological polar surface area (TPSA) is 82.6 Å². The van der Waals surface area contributed by atoms with Crippen molar-refractivity contribution in [3.05, 3.63) is 40.8 Å². The van der Waals surface area contributed by atoms with Crippen LogP contribution in [0.1, 0.15) is 10.4 Å². The van der Waals surface area contributed by atoms with Crippen molar-refractivity contribution in [2.24, 2.45) is 0 Å². The minimum atomic E-state index is -3.58. The maximum Gasteiger partial charge on any atom is 0.256 e. The fourth-order valence-electron chi connectivity index (χ4n) is 2.94. The summed E-state index contributed by atoms with van der Waals surface area (Å²) >= 11 is 1.35. The molecule has 1 N–H and O–H groups in total. The summed E-state index contributed by atoms with van der Waals surface area (Å²) in [5, 5.41) is 6.53. The van der Waals surface area contributed by atoms with E-state index in [0.29, 0.717) is 29.2 Å². The normalized spacial score (nSPS) is 21.5. The van der Waals surface area contributed by atoms with Crippen LogP contribution in [0.4, 0.5) is 5.69 Å². The molecule has 1 saturated heterocycles. The number of amides is 1. The first-order valence-electron chi connectivity index (χ1n) is 7.11. The van der Waals surface area contributed by atoms with Gasteiger partial charge in [-0.1, -0.05) is 0 Å². The quantitative estimate of drug-likeness (QED) is 0.875. The first-order valence-corrected chi connectivity index (χ1v) is 9.49.